The first-order valence-corrected chi connectivity index (χ1v) is 10.3. The number of anilines is 1. The number of esters is 1. The van der Waals surface area contributed by atoms with E-state index >= 15 is 0 Å². The summed E-state index contributed by atoms with van der Waals surface area (Å²) in [6.45, 7) is 10.8. The SMILES string of the molecule is CC[C@H](C)c1ccccc1NC(=O)COC(=O)C1CCC(C(C)(C)C)CC1. The van der Waals surface area contributed by atoms with Gasteiger partial charge in [-0.05, 0) is 61.0 Å². The van der Waals surface area contributed by atoms with Gasteiger partial charge in [-0.15, -0.1) is 0 Å². The summed E-state index contributed by atoms with van der Waals surface area (Å²) < 4.78 is 5.31. The summed E-state index contributed by atoms with van der Waals surface area (Å²) in [5, 5.41) is 2.89. The molecule has 1 fully saturated rings. The zero-order valence-electron chi connectivity index (χ0n) is 17.5. The van der Waals surface area contributed by atoms with E-state index in [1.807, 2.05) is 24.3 Å². The van der Waals surface area contributed by atoms with Gasteiger partial charge in [-0.3, -0.25) is 9.59 Å². The lowest BCUT2D eigenvalue weighted by atomic mass is 9.70. The maximum atomic E-state index is 12.3. The third-order valence-electron chi connectivity index (χ3n) is 6.01. The summed E-state index contributed by atoms with van der Waals surface area (Å²) in [5.41, 5.74) is 2.20. The van der Waals surface area contributed by atoms with E-state index in [-0.39, 0.29) is 29.8 Å². The Labute approximate surface area is 164 Å². The summed E-state index contributed by atoms with van der Waals surface area (Å²) >= 11 is 0. The fraction of sp³-hybridized carbons (Fsp3) is 0.652. The van der Waals surface area contributed by atoms with Crippen LogP contribution in [0.2, 0.25) is 0 Å². The molecular weight excluding hydrogens is 338 g/mol. The molecule has 1 aromatic rings. The second-order valence-corrected chi connectivity index (χ2v) is 8.97. The van der Waals surface area contributed by atoms with Crippen molar-refractivity contribution in [3.63, 3.8) is 0 Å². The summed E-state index contributed by atoms with van der Waals surface area (Å²) in [4.78, 5) is 24.6. The predicted octanol–water partition coefficient (Wildman–Crippen LogP) is 5.53. The van der Waals surface area contributed by atoms with Gasteiger partial charge in [0.25, 0.3) is 5.91 Å². The number of hydrogen-bond acceptors (Lipinski definition) is 3. The highest BCUT2D eigenvalue weighted by atomic mass is 16.5. The van der Waals surface area contributed by atoms with Crippen LogP contribution in [0.15, 0.2) is 24.3 Å². The van der Waals surface area contributed by atoms with Crippen molar-refractivity contribution < 1.29 is 14.3 Å². The number of ether oxygens (including phenoxy) is 1. The van der Waals surface area contributed by atoms with Crippen LogP contribution in [0, 0.1) is 17.3 Å². The van der Waals surface area contributed by atoms with Crippen molar-refractivity contribution in [1.82, 2.24) is 0 Å². The van der Waals surface area contributed by atoms with Gasteiger partial charge in [-0.25, -0.2) is 0 Å². The van der Waals surface area contributed by atoms with E-state index in [0.717, 1.165) is 43.4 Å². The van der Waals surface area contributed by atoms with Crippen LogP contribution in [-0.4, -0.2) is 18.5 Å². The maximum absolute atomic E-state index is 12.3. The van der Waals surface area contributed by atoms with Crippen LogP contribution in [-0.2, 0) is 14.3 Å². The van der Waals surface area contributed by atoms with E-state index in [0.29, 0.717) is 11.8 Å². The lowest BCUT2D eigenvalue weighted by Crippen LogP contribution is -2.31. The number of rotatable bonds is 6. The van der Waals surface area contributed by atoms with Crippen LogP contribution in [0.3, 0.4) is 0 Å². The second kappa shape index (κ2) is 9.38. The largest absolute Gasteiger partial charge is 0.455 e. The molecule has 1 aliphatic rings. The predicted molar refractivity (Wildman–Crippen MR) is 110 cm³/mol. The normalized spacial score (nSPS) is 21.4. The highest BCUT2D eigenvalue weighted by molar-refractivity contribution is 5.93. The highest BCUT2D eigenvalue weighted by Crippen LogP contribution is 2.40. The summed E-state index contributed by atoms with van der Waals surface area (Å²) in [5.74, 6) is 0.447. The average Bonchev–Trinajstić information content (AvgIpc) is 2.65. The topological polar surface area (TPSA) is 55.4 Å². The van der Waals surface area contributed by atoms with Crippen LogP contribution in [0.5, 0.6) is 0 Å². The lowest BCUT2D eigenvalue weighted by Gasteiger charge is -2.36. The molecule has 4 nitrogen and oxygen atoms in total. The number of nitrogens with one attached hydrogen (secondary N) is 1. The minimum absolute atomic E-state index is 0.0659. The quantitative estimate of drug-likeness (QED) is 0.667. The first-order chi connectivity index (χ1) is 12.7. The molecule has 1 saturated carbocycles. The Hall–Kier alpha value is -1.84. The molecule has 0 aromatic heterocycles. The fourth-order valence-electron chi connectivity index (χ4n) is 3.90. The van der Waals surface area contributed by atoms with Crippen LogP contribution in [0.1, 0.15) is 78.2 Å². The number of carbonyl (C=O) groups excluding carboxylic acids is 2. The fourth-order valence-corrected chi connectivity index (χ4v) is 3.90. The number of hydrogen-bond donors (Lipinski definition) is 1. The van der Waals surface area contributed by atoms with Gasteiger partial charge in [0.05, 0.1) is 5.92 Å². The second-order valence-electron chi connectivity index (χ2n) is 8.97. The molecule has 1 amide bonds. The van der Waals surface area contributed by atoms with E-state index in [9.17, 15) is 9.59 Å². The molecule has 0 aliphatic heterocycles. The van der Waals surface area contributed by atoms with Gasteiger partial charge < -0.3 is 10.1 Å². The van der Waals surface area contributed by atoms with Crippen molar-refractivity contribution in [3.05, 3.63) is 29.8 Å². The monoisotopic (exact) mass is 373 g/mol. The molecule has 1 atom stereocenters. The molecule has 0 unspecified atom stereocenters. The highest BCUT2D eigenvalue weighted by Gasteiger charge is 2.33. The van der Waals surface area contributed by atoms with Gasteiger partial charge >= 0.3 is 5.97 Å². The molecular formula is C23H35NO3. The standard InChI is InChI=1S/C23H35NO3/c1-6-16(2)19-9-7-8-10-20(19)24-21(25)15-27-22(26)17-11-13-18(14-12-17)23(3,4)5/h7-10,16-18H,6,11-15H2,1-5H3,(H,24,25)/t16-,17?,18?/m0/s1. The first kappa shape index (κ1) is 21.5. The third kappa shape index (κ3) is 6.08. The minimum atomic E-state index is -0.275. The molecule has 0 bridgehead atoms. The minimum Gasteiger partial charge on any atom is -0.455 e. The molecule has 0 saturated heterocycles. The van der Waals surface area contributed by atoms with Crippen molar-refractivity contribution in [3.8, 4) is 0 Å². The smallest absolute Gasteiger partial charge is 0.309 e. The maximum Gasteiger partial charge on any atom is 0.309 e. The number of carbonyl (C=O) groups is 2. The Morgan fingerprint density at radius 2 is 1.78 bits per heavy atom. The van der Waals surface area contributed by atoms with Crippen LogP contribution >= 0.6 is 0 Å². The first-order valence-electron chi connectivity index (χ1n) is 10.3. The zero-order valence-corrected chi connectivity index (χ0v) is 17.5. The molecule has 150 valence electrons. The van der Waals surface area contributed by atoms with E-state index < -0.39 is 0 Å². The van der Waals surface area contributed by atoms with E-state index in [1.54, 1.807) is 0 Å². The van der Waals surface area contributed by atoms with Crippen molar-refractivity contribution in [2.45, 2.75) is 72.6 Å². The van der Waals surface area contributed by atoms with Crippen molar-refractivity contribution >= 4 is 17.6 Å². The molecule has 27 heavy (non-hydrogen) atoms. The van der Waals surface area contributed by atoms with Gasteiger partial charge in [0.2, 0.25) is 0 Å². The van der Waals surface area contributed by atoms with Gasteiger partial charge in [0.1, 0.15) is 0 Å². The Morgan fingerprint density at radius 3 is 2.37 bits per heavy atom. The molecule has 1 aliphatic carbocycles. The lowest BCUT2D eigenvalue weighted by molar-refractivity contribution is -0.153. The molecule has 1 N–H and O–H groups in total. The van der Waals surface area contributed by atoms with Crippen LogP contribution < -0.4 is 5.32 Å². The molecule has 0 heterocycles. The van der Waals surface area contributed by atoms with Crippen molar-refractivity contribution in [1.29, 1.82) is 0 Å². The number of para-hydroxylation sites is 1. The van der Waals surface area contributed by atoms with Crippen molar-refractivity contribution in [2.24, 2.45) is 17.3 Å². The number of amides is 1. The van der Waals surface area contributed by atoms with Gasteiger partial charge in [-0.2, -0.15) is 0 Å². The third-order valence-corrected chi connectivity index (χ3v) is 6.01. The molecule has 4 heteroatoms. The summed E-state index contributed by atoms with van der Waals surface area (Å²) in [6, 6.07) is 7.81. The van der Waals surface area contributed by atoms with Gasteiger partial charge in [-0.1, -0.05) is 52.8 Å². The Balaban J connectivity index is 1.82. The Bertz CT molecular complexity index is 639. The molecule has 0 radical (unpaired) electrons. The van der Waals surface area contributed by atoms with E-state index in [4.69, 9.17) is 4.74 Å². The Morgan fingerprint density at radius 1 is 1.15 bits per heavy atom. The molecule has 2 rings (SSSR count). The Kier molecular flexibility index (Phi) is 7.46. The van der Waals surface area contributed by atoms with E-state index in [2.05, 4.69) is 39.9 Å². The van der Waals surface area contributed by atoms with E-state index in [1.165, 1.54) is 0 Å². The van der Waals surface area contributed by atoms with Crippen LogP contribution in [0.25, 0.3) is 0 Å². The molecule has 0 spiro atoms. The average molecular weight is 374 g/mol. The van der Waals surface area contributed by atoms with Crippen LogP contribution in [0.4, 0.5) is 5.69 Å². The summed E-state index contributed by atoms with van der Waals surface area (Å²) in [6.07, 6.45) is 4.83. The zero-order chi connectivity index (χ0) is 20.0. The van der Waals surface area contributed by atoms with Gasteiger partial charge in [0.15, 0.2) is 6.61 Å². The van der Waals surface area contributed by atoms with Crippen molar-refractivity contribution in [2.75, 3.05) is 11.9 Å². The molecule has 1 aromatic carbocycles. The summed E-state index contributed by atoms with van der Waals surface area (Å²) in [7, 11) is 0. The van der Waals surface area contributed by atoms with Gasteiger partial charge in [0, 0.05) is 5.69 Å². The number of benzene rings is 1.